The van der Waals surface area contributed by atoms with E-state index in [0.717, 1.165) is 36.6 Å². The minimum Gasteiger partial charge on any atom is -0.351 e. The first-order valence-corrected chi connectivity index (χ1v) is 12.0. The van der Waals surface area contributed by atoms with Gasteiger partial charge in [-0.1, -0.05) is 43.2 Å². The third-order valence-electron chi connectivity index (χ3n) is 7.21. The van der Waals surface area contributed by atoms with Gasteiger partial charge in [0.05, 0.1) is 17.7 Å². The number of hydrogen-bond donors (Lipinski definition) is 2. The molecule has 0 unspecified atom stereocenters. The summed E-state index contributed by atoms with van der Waals surface area (Å²) < 4.78 is 15.4. The molecule has 8 heteroatoms. The first-order valence-electron chi connectivity index (χ1n) is 12.0. The van der Waals surface area contributed by atoms with Gasteiger partial charge in [0.25, 0.3) is 5.91 Å². The number of nitrogens with one attached hydrogen (secondary N) is 2. The zero-order valence-corrected chi connectivity index (χ0v) is 19.9. The summed E-state index contributed by atoms with van der Waals surface area (Å²) in [6.07, 6.45) is 4.01. The smallest absolute Gasteiger partial charge is 0.273 e. The Kier molecular flexibility index (Phi) is 5.83. The van der Waals surface area contributed by atoms with E-state index in [1.165, 1.54) is 19.1 Å². The Hall–Kier alpha value is -3.68. The fourth-order valence-corrected chi connectivity index (χ4v) is 5.36. The Morgan fingerprint density at radius 2 is 1.77 bits per heavy atom. The molecule has 3 amide bonds. The van der Waals surface area contributed by atoms with Crippen LogP contribution in [0.3, 0.4) is 0 Å². The van der Waals surface area contributed by atoms with Crippen LogP contribution < -0.4 is 10.6 Å². The Morgan fingerprint density at radius 3 is 2.46 bits per heavy atom. The lowest BCUT2D eigenvalue weighted by Gasteiger charge is -2.44. The lowest BCUT2D eigenvalue weighted by atomic mass is 9.93. The van der Waals surface area contributed by atoms with Gasteiger partial charge in [0, 0.05) is 24.9 Å². The van der Waals surface area contributed by atoms with E-state index in [-0.39, 0.29) is 42.7 Å². The van der Waals surface area contributed by atoms with Crippen molar-refractivity contribution in [1.29, 1.82) is 0 Å². The number of hydrogen-bond acceptors (Lipinski definition) is 3. The minimum atomic E-state index is -1.18. The second kappa shape index (κ2) is 8.83. The molecule has 2 heterocycles. The molecule has 0 bridgehead atoms. The van der Waals surface area contributed by atoms with Crippen molar-refractivity contribution >= 4 is 34.3 Å². The van der Waals surface area contributed by atoms with Gasteiger partial charge in [-0.25, -0.2) is 4.39 Å². The van der Waals surface area contributed by atoms with E-state index in [0.29, 0.717) is 16.9 Å². The SMILES string of the molecule is CC(=O)Nc1c2n(c3ccccc13)C[C@](C)(C(=O)NC1CCCC1)N(Cc1ccc(F)cc1)C2=O. The first-order chi connectivity index (χ1) is 16.8. The fourth-order valence-electron chi connectivity index (χ4n) is 5.36. The van der Waals surface area contributed by atoms with E-state index in [9.17, 15) is 18.8 Å². The predicted molar refractivity (Wildman–Crippen MR) is 131 cm³/mol. The van der Waals surface area contributed by atoms with Crippen LogP contribution >= 0.6 is 0 Å². The summed E-state index contributed by atoms with van der Waals surface area (Å²) >= 11 is 0. The summed E-state index contributed by atoms with van der Waals surface area (Å²) in [7, 11) is 0. The highest BCUT2D eigenvalue weighted by molar-refractivity contribution is 6.14. The number of rotatable bonds is 5. The third kappa shape index (κ3) is 4.07. The number of anilines is 1. The Labute approximate surface area is 203 Å². The molecule has 1 aliphatic carbocycles. The lowest BCUT2D eigenvalue weighted by molar-refractivity contribution is -0.133. The van der Waals surface area contributed by atoms with Gasteiger partial charge in [-0.15, -0.1) is 0 Å². The van der Waals surface area contributed by atoms with Crippen molar-refractivity contribution in [1.82, 2.24) is 14.8 Å². The molecule has 1 atom stereocenters. The number of aromatic nitrogens is 1. The van der Waals surface area contributed by atoms with Crippen molar-refractivity contribution in [2.24, 2.45) is 0 Å². The molecule has 5 rings (SSSR count). The maximum atomic E-state index is 14.1. The average molecular weight is 477 g/mol. The summed E-state index contributed by atoms with van der Waals surface area (Å²) in [5.74, 6) is -1.21. The summed E-state index contributed by atoms with van der Waals surface area (Å²) in [6.45, 7) is 3.55. The number of amides is 3. The van der Waals surface area contributed by atoms with Gasteiger partial charge in [0.15, 0.2) is 0 Å². The van der Waals surface area contributed by atoms with Crippen molar-refractivity contribution in [2.75, 3.05) is 5.32 Å². The molecule has 0 saturated heterocycles. The molecule has 35 heavy (non-hydrogen) atoms. The maximum absolute atomic E-state index is 14.1. The topological polar surface area (TPSA) is 83.4 Å². The second-order valence-electron chi connectivity index (χ2n) is 9.75. The van der Waals surface area contributed by atoms with Crippen LogP contribution in [0.1, 0.15) is 55.6 Å². The highest BCUT2D eigenvalue weighted by Gasteiger charge is 2.49. The Morgan fingerprint density at radius 1 is 1.09 bits per heavy atom. The normalized spacial score (nSPS) is 20.2. The summed E-state index contributed by atoms with van der Waals surface area (Å²) in [4.78, 5) is 41.5. The molecule has 2 N–H and O–H groups in total. The first kappa shape index (κ1) is 23.1. The molecule has 182 valence electrons. The van der Waals surface area contributed by atoms with Crippen LogP contribution in [-0.2, 0) is 22.7 Å². The molecule has 0 spiro atoms. The quantitative estimate of drug-likeness (QED) is 0.579. The van der Waals surface area contributed by atoms with E-state index in [2.05, 4.69) is 10.6 Å². The van der Waals surface area contributed by atoms with Crippen LogP contribution in [0.15, 0.2) is 48.5 Å². The molecule has 2 aromatic carbocycles. The molecule has 1 saturated carbocycles. The van der Waals surface area contributed by atoms with Crippen LogP contribution in [-0.4, -0.2) is 38.8 Å². The van der Waals surface area contributed by atoms with Gasteiger partial charge in [-0.2, -0.15) is 0 Å². The minimum absolute atomic E-state index is 0.0971. The predicted octanol–water partition coefficient (Wildman–Crippen LogP) is 4.21. The fraction of sp³-hybridized carbons (Fsp3) is 0.370. The van der Waals surface area contributed by atoms with Crippen molar-refractivity contribution < 1.29 is 18.8 Å². The van der Waals surface area contributed by atoms with Crippen molar-refractivity contribution in [3.63, 3.8) is 0 Å². The van der Waals surface area contributed by atoms with Crippen molar-refractivity contribution in [3.05, 3.63) is 65.6 Å². The molecule has 7 nitrogen and oxygen atoms in total. The van der Waals surface area contributed by atoms with Gasteiger partial charge in [-0.3, -0.25) is 14.4 Å². The van der Waals surface area contributed by atoms with Crippen molar-refractivity contribution in [3.8, 4) is 0 Å². The molecule has 0 radical (unpaired) electrons. The lowest BCUT2D eigenvalue weighted by Crippen LogP contribution is -2.64. The number of carbonyl (C=O) groups is 3. The van der Waals surface area contributed by atoms with Crippen LogP contribution in [0.4, 0.5) is 10.1 Å². The molecule has 1 aliphatic heterocycles. The van der Waals surface area contributed by atoms with E-state index in [1.54, 1.807) is 24.0 Å². The molecular formula is C27H29FN4O3. The number of fused-ring (bicyclic) bond motifs is 3. The monoisotopic (exact) mass is 476 g/mol. The Bertz CT molecular complexity index is 1310. The van der Waals surface area contributed by atoms with E-state index in [4.69, 9.17) is 0 Å². The van der Waals surface area contributed by atoms with Crippen LogP contribution in [0.2, 0.25) is 0 Å². The van der Waals surface area contributed by atoms with Gasteiger partial charge in [-0.05, 0) is 43.5 Å². The van der Waals surface area contributed by atoms with Gasteiger partial charge < -0.3 is 20.1 Å². The highest BCUT2D eigenvalue weighted by Crippen LogP contribution is 2.39. The van der Waals surface area contributed by atoms with Crippen LogP contribution in [0.25, 0.3) is 10.9 Å². The van der Waals surface area contributed by atoms with Crippen LogP contribution in [0.5, 0.6) is 0 Å². The number of benzene rings is 2. The summed E-state index contributed by atoms with van der Waals surface area (Å²) in [5.41, 5.74) is 1.09. The van der Waals surface area contributed by atoms with Crippen LogP contribution in [0, 0.1) is 5.82 Å². The second-order valence-corrected chi connectivity index (χ2v) is 9.75. The van der Waals surface area contributed by atoms with Gasteiger partial charge >= 0.3 is 0 Å². The van der Waals surface area contributed by atoms with Gasteiger partial charge in [0.2, 0.25) is 11.8 Å². The highest BCUT2D eigenvalue weighted by atomic mass is 19.1. The molecular weight excluding hydrogens is 447 g/mol. The summed E-state index contributed by atoms with van der Waals surface area (Å²) in [6, 6.07) is 13.5. The Balaban J connectivity index is 1.63. The zero-order chi connectivity index (χ0) is 24.7. The molecule has 1 aromatic heterocycles. The van der Waals surface area contributed by atoms with Crippen molar-refractivity contribution in [2.45, 2.75) is 64.2 Å². The standard InChI is InChI=1S/C27H29FN4O3/c1-17(33)29-23-21-9-5-6-10-22(21)31-16-27(2,26(35)30-20-7-3-4-8-20)32(25(34)24(23)31)15-18-11-13-19(28)14-12-18/h5-6,9-14,20H,3-4,7-8,15-16H2,1-2H3,(H,29,33)(H,30,35)/t27-/m1/s1. The molecule has 1 fully saturated rings. The van der Waals surface area contributed by atoms with E-state index < -0.39 is 5.54 Å². The average Bonchev–Trinajstić information content (AvgIpc) is 3.44. The van der Waals surface area contributed by atoms with E-state index >= 15 is 0 Å². The number of carbonyl (C=O) groups excluding carboxylic acids is 3. The summed E-state index contributed by atoms with van der Waals surface area (Å²) in [5, 5.41) is 6.76. The number of halogens is 1. The number of nitrogens with zero attached hydrogens (tertiary/aromatic N) is 2. The largest absolute Gasteiger partial charge is 0.351 e. The molecule has 3 aromatic rings. The molecule has 2 aliphatic rings. The zero-order valence-electron chi connectivity index (χ0n) is 19.9. The number of para-hydroxylation sites is 1. The third-order valence-corrected chi connectivity index (χ3v) is 7.21. The van der Waals surface area contributed by atoms with E-state index in [1.807, 2.05) is 28.8 Å². The van der Waals surface area contributed by atoms with Gasteiger partial charge in [0.1, 0.15) is 17.1 Å². The maximum Gasteiger partial charge on any atom is 0.273 e.